The van der Waals surface area contributed by atoms with Gasteiger partial charge in [0.25, 0.3) is 0 Å². The Bertz CT molecular complexity index is 667. The molecule has 1 unspecified atom stereocenters. The molecule has 0 saturated carbocycles. The average molecular weight is 315 g/mol. The van der Waals surface area contributed by atoms with E-state index in [9.17, 15) is 4.39 Å². The van der Waals surface area contributed by atoms with E-state index in [1.807, 2.05) is 11.0 Å². The smallest absolute Gasteiger partial charge is 0.152 e. The van der Waals surface area contributed by atoms with E-state index in [4.69, 9.17) is 28.3 Å². The number of fused-ring (bicyclic) bond motifs is 1. The highest BCUT2D eigenvalue weighted by atomic mass is 35.5. The lowest BCUT2D eigenvalue weighted by Gasteiger charge is -2.20. The second-order valence-corrected chi connectivity index (χ2v) is 5.89. The van der Waals surface area contributed by atoms with Crippen molar-refractivity contribution in [2.45, 2.75) is 12.1 Å². The van der Waals surface area contributed by atoms with Gasteiger partial charge in [0.15, 0.2) is 5.67 Å². The molecule has 0 amide bonds. The molecule has 0 radical (unpaired) electrons. The average Bonchev–Trinajstić information content (AvgIpc) is 2.86. The summed E-state index contributed by atoms with van der Waals surface area (Å²) in [7, 11) is 0. The predicted octanol–water partition coefficient (Wildman–Crippen LogP) is 3.45. The first-order chi connectivity index (χ1) is 9.52. The van der Waals surface area contributed by atoms with Crippen molar-refractivity contribution >= 4 is 39.9 Å². The number of aliphatic hydroxyl groups excluding tert-OH is 1. The molecule has 3 rings (SSSR count). The number of hydrogen-bond acceptors (Lipinski definition) is 3. The van der Waals surface area contributed by atoms with Gasteiger partial charge in [0.05, 0.1) is 28.7 Å². The van der Waals surface area contributed by atoms with Gasteiger partial charge in [0.2, 0.25) is 0 Å². The van der Waals surface area contributed by atoms with Crippen molar-refractivity contribution in [2.75, 3.05) is 24.6 Å². The molecule has 1 aliphatic rings. The molecule has 20 heavy (non-hydrogen) atoms. The fraction of sp³-hybridized carbons (Fsp3) is 0.357. The third kappa shape index (κ3) is 2.32. The molecule has 2 aromatic rings. The van der Waals surface area contributed by atoms with Crippen LogP contribution in [0.1, 0.15) is 6.42 Å². The third-order valence-corrected chi connectivity index (χ3v) is 4.29. The van der Waals surface area contributed by atoms with E-state index in [2.05, 4.69) is 4.98 Å². The second kappa shape index (κ2) is 5.02. The molecular formula is C14H13Cl2FN2O. The van der Waals surface area contributed by atoms with Gasteiger partial charge in [-0.25, -0.2) is 9.37 Å². The normalized spacial score (nSPS) is 22.7. The number of hydrogen-bond donors (Lipinski definition) is 1. The summed E-state index contributed by atoms with van der Waals surface area (Å²) in [5.74, 6) is 0.648. The molecule has 1 aromatic heterocycles. The predicted molar refractivity (Wildman–Crippen MR) is 79.5 cm³/mol. The van der Waals surface area contributed by atoms with E-state index in [0.29, 0.717) is 34.3 Å². The largest absolute Gasteiger partial charge is 0.393 e. The van der Waals surface area contributed by atoms with Gasteiger partial charge in [-0.3, -0.25) is 0 Å². The molecule has 1 aromatic carbocycles. The summed E-state index contributed by atoms with van der Waals surface area (Å²) in [6, 6.07) is 7.05. The van der Waals surface area contributed by atoms with Gasteiger partial charge in [-0.2, -0.15) is 0 Å². The third-order valence-electron chi connectivity index (χ3n) is 3.65. The van der Waals surface area contributed by atoms with Gasteiger partial charge in [-0.05, 0) is 24.3 Å². The molecule has 1 aliphatic heterocycles. The molecule has 1 N–H and O–H groups in total. The zero-order valence-corrected chi connectivity index (χ0v) is 12.1. The van der Waals surface area contributed by atoms with E-state index in [-0.39, 0.29) is 6.54 Å². The van der Waals surface area contributed by atoms with Crippen molar-refractivity contribution in [3.05, 3.63) is 34.3 Å². The Kier molecular flexibility index (Phi) is 3.48. The van der Waals surface area contributed by atoms with Crippen LogP contribution >= 0.6 is 23.2 Å². The summed E-state index contributed by atoms with van der Waals surface area (Å²) in [4.78, 5) is 6.29. The lowest BCUT2D eigenvalue weighted by Crippen LogP contribution is -2.32. The lowest BCUT2D eigenvalue weighted by atomic mass is 10.1. The maximum absolute atomic E-state index is 14.1. The number of halogens is 3. The number of aromatic nitrogens is 1. The number of pyridine rings is 1. The highest BCUT2D eigenvalue weighted by molar-refractivity contribution is 6.39. The number of aliphatic hydroxyl groups is 1. The Balaban J connectivity index is 2.00. The zero-order chi connectivity index (χ0) is 14.3. The van der Waals surface area contributed by atoms with Gasteiger partial charge in [-0.15, -0.1) is 0 Å². The van der Waals surface area contributed by atoms with E-state index in [1.165, 1.54) is 0 Å². The number of alkyl halides is 1. The van der Waals surface area contributed by atoms with Crippen LogP contribution in [0.3, 0.4) is 0 Å². The van der Waals surface area contributed by atoms with Crippen LogP contribution in [0.15, 0.2) is 24.3 Å². The standard InChI is InChI=1S/C14H13Cl2FN2O/c15-10-2-3-11(16)13-9(10)1-4-12(18-13)19-6-5-14(17,7-19)8-20/h1-4,20H,5-8H2. The highest BCUT2D eigenvalue weighted by Gasteiger charge is 2.38. The first-order valence-electron chi connectivity index (χ1n) is 6.32. The van der Waals surface area contributed by atoms with Crippen LogP contribution in [0.2, 0.25) is 10.0 Å². The molecule has 1 saturated heterocycles. The van der Waals surface area contributed by atoms with Gasteiger partial charge >= 0.3 is 0 Å². The molecule has 0 bridgehead atoms. The summed E-state index contributed by atoms with van der Waals surface area (Å²) < 4.78 is 14.1. The van der Waals surface area contributed by atoms with Crippen molar-refractivity contribution in [3.63, 3.8) is 0 Å². The molecule has 1 fully saturated rings. The minimum Gasteiger partial charge on any atom is -0.393 e. The SMILES string of the molecule is OCC1(F)CCN(c2ccc3c(Cl)ccc(Cl)c3n2)C1. The molecule has 0 spiro atoms. The Morgan fingerprint density at radius 2 is 2.00 bits per heavy atom. The Morgan fingerprint density at radius 3 is 2.70 bits per heavy atom. The van der Waals surface area contributed by atoms with Crippen molar-refractivity contribution in [1.82, 2.24) is 4.98 Å². The van der Waals surface area contributed by atoms with Crippen molar-refractivity contribution in [2.24, 2.45) is 0 Å². The number of anilines is 1. The summed E-state index contributed by atoms with van der Waals surface area (Å²) in [6.45, 7) is 0.192. The molecular weight excluding hydrogens is 302 g/mol. The minimum absolute atomic E-state index is 0.139. The van der Waals surface area contributed by atoms with E-state index in [1.54, 1.807) is 18.2 Å². The molecule has 1 atom stereocenters. The summed E-state index contributed by atoms with van der Waals surface area (Å²) in [5.41, 5.74) is -0.939. The number of nitrogens with zero attached hydrogens (tertiary/aromatic N) is 2. The fourth-order valence-corrected chi connectivity index (χ4v) is 2.90. The Hall–Kier alpha value is -1.10. The van der Waals surface area contributed by atoms with Crippen LogP contribution in [0.5, 0.6) is 0 Å². The first kappa shape index (κ1) is 13.9. The van der Waals surface area contributed by atoms with Gasteiger partial charge in [0, 0.05) is 18.4 Å². The van der Waals surface area contributed by atoms with Crippen LogP contribution in [0.4, 0.5) is 10.2 Å². The van der Waals surface area contributed by atoms with Crippen LogP contribution in [0.25, 0.3) is 10.9 Å². The summed E-state index contributed by atoms with van der Waals surface area (Å²) in [6.07, 6.45) is 0.298. The van der Waals surface area contributed by atoms with Crippen molar-refractivity contribution in [3.8, 4) is 0 Å². The van der Waals surface area contributed by atoms with Crippen molar-refractivity contribution in [1.29, 1.82) is 0 Å². The van der Waals surface area contributed by atoms with Gasteiger partial charge < -0.3 is 10.0 Å². The molecule has 2 heterocycles. The number of benzene rings is 1. The highest BCUT2D eigenvalue weighted by Crippen LogP contribution is 2.33. The lowest BCUT2D eigenvalue weighted by molar-refractivity contribution is 0.0909. The van der Waals surface area contributed by atoms with E-state index >= 15 is 0 Å². The van der Waals surface area contributed by atoms with Gasteiger partial charge in [0.1, 0.15) is 5.82 Å². The van der Waals surface area contributed by atoms with Crippen LogP contribution in [0, 0.1) is 0 Å². The second-order valence-electron chi connectivity index (χ2n) is 5.08. The van der Waals surface area contributed by atoms with Crippen LogP contribution in [-0.4, -0.2) is 35.5 Å². The molecule has 3 nitrogen and oxygen atoms in total. The van der Waals surface area contributed by atoms with Crippen LogP contribution < -0.4 is 4.90 Å². The van der Waals surface area contributed by atoms with E-state index < -0.39 is 12.3 Å². The topological polar surface area (TPSA) is 36.4 Å². The maximum atomic E-state index is 14.1. The van der Waals surface area contributed by atoms with Crippen LogP contribution in [-0.2, 0) is 0 Å². The molecule has 6 heteroatoms. The number of rotatable bonds is 2. The van der Waals surface area contributed by atoms with Gasteiger partial charge in [-0.1, -0.05) is 23.2 Å². The monoisotopic (exact) mass is 314 g/mol. The summed E-state index contributed by atoms with van der Waals surface area (Å²) >= 11 is 12.2. The van der Waals surface area contributed by atoms with E-state index in [0.717, 1.165) is 5.39 Å². The quantitative estimate of drug-likeness (QED) is 0.922. The fourth-order valence-electron chi connectivity index (χ4n) is 2.47. The maximum Gasteiger partial charge on any atom is 0.152 e. The minimum atomic E-state index is -1.55. The van der Waals surface area contributed by atoms with Crippen molar-refractivity contribution < 1.29 is 9.50 Å². The Labute approximate surface area is 125 Å². The Morgan fingerprint density at radius 1 is 1.25 bits per heavy atom. The summed E-state index contributed by atoms with van der Waals surface area (Å²) in [5, 5.41) is 11.0. The first-order valence-corrected chi connectivity index (χ1v) is 7.07. The zero-order valence-electron chi connectivity index (χ0n) is 10.6. The molecule has 0 aliphatic carbocycles. The molecule has 106 valence electrons.